The molecule has 0 aromatic heterocycles. The van der Waals surface area contributed by atoms with Gasteiger partial charge in [0.2, 0.25) is 0 Å². The number of piperidine rings is 2. The maximum Gasteiger partial charge on any atom is 0.410 e. The topological polar surface area (TPSA) is 123 Å². The van der Waals surface area contributed by atoms with Crippen LogP contribution in [0.4, 0.5) is 21.0 Å². The first-order valence-electron chi connectivity index (χ1n) is 16.1. The number of nitrogen functional groups attached to an aromatic ring is 1. The summed E-state index contributed by atoms with van der Waals surface area (Å²) in [6.45, 7) is 6.60. The summed E-state index contributed by atoms with van der Waals surface area (Å²) in [7, 11) is 0. The third-order valence-electron chi connectivity index (χ3n) is 9.68. The number of likely N-dealkylation sites (tertiary alicyclic amines) is 1. The van der Waals surface area contributed by atoms with E-state index in [9.17, 15) is 14.4 Å². The van der Waals surface area contributed by atoms with E-state index in [4.69, 9.17) is 10.5 Å². The summed E-state index contributed by atoms with van der Waals surface area (Å²) in [5, 5.41) is 6.47. The Morgan fingerprint density at radius 2 is 1.53 bits per heavy atom. The number of urea groups is 1. The molecule has 4 heterocycles. The van der Waals surface area contributed by atoms with Gasteiger partial charge in [0, 0.05) is 75.7 Å². The number of hydrogen-bond donors (Lipinski definition) is 3. The van der Waals surface area contributed by atoms with E-state index < -0.39 is 12.2 Å². The summed E-state index contributed by atoms with van der Waals surface area (Å²) in [5.41, 5.74) is 9.43. The Kier molecular flexibility index (Phi) is 10.8. The molecule has 4 N–H and O–H groups in total. The van der Waals surface area contributed by atoms with Crippen molar-refractivity contribution in [2.24, 2.45) is 0 Å². The zero-order valence-electron chi connectivity index (χ0n) is 25.5. The molecule has 2 aromatic rings. The highest BCUT2D eigenvalue weighted by Gasteiger charge is 2.36. The fraction of sp³-hybridized carbons (Fsp3) is 0.559. The van der Waals surface area contributed by atoms with Crippen molar-refractivity contribution in [3.05, 3.63) is 59.7 Å². The van der Waals surface area contributed by atoms with Crippen LogP contribution in [-0.2, 0) is 22.4 Å². The second-order valence-corrected chi connectivity index (χ2v) is 12.4. The molecular formula is C34H49N7O4. The van der Waals surface area contributed by atoms with E-state index in [1.807, 2.05) is 46.2 Å². The molecule has 0 spiro atoms. The van der Waals surface area contributed by atoms with E-state index in [1.54, 1.807) is 17.0 Å². The second kappa shape index (κ2) is 15.0. The molecule has 4 aliphatic heterocycles. The van der Waals surface area contributed by atoms with Crippen molar-refractivity contribution in [3.63, 3.8) is 0 Å². The van der Waals surface area contributed by atoms with Crippen LogP contribution < -0.4 is 16.4 Å². The number of rotatable bonds is 6. The van der Waals surface area contributed by atoms with E-state index in [1.165, 1.54) is 0 Å². The number of piperazine rings is 1. The molecule has 4 aliphatic rings. The second-order valence-electron chi connectivity index (χ2n) is 12.4. The molecule has 3 fully saturated rings. The number of amides is 4. The molecule has 1 atom stereocenters. The highest BCUT2D eigenvalue weighted by atomic mass is 16.6. The van der Waals surface area contributed by atoms with Gasteiger partial charge in [-0.3, -0.25) is 9.69 Å². The minimum atomic E-state index is -0.913. The number of carbonyl (C=O) groups excluding carboxylic acids is 3. The van der Waals surface area contributed by atoms with Crippen LogP contribution in [0.2, 0.25) is 0 Å². The molecule has 0 aliphatic carbocycles. The van der Waals surface area contributed by atoms with Gasteiger partial charge in [0.05, 0.1) is 0 Å². The third-order valence-corrected chi connectivity index (χ3v) is 9.68. The van der Waals surface area contributed by atoms with Gasteiger partial charge in [0.1, 0.15) is 0 Å². The average molecular weight is 620 g/mol. The van der Waals surface area contributed by atoms with Crippen LogP contribution in [0.1, 0.15) is 44.2 Å². The van der Waals surface area contributed by atoms with Gasteiger partial charge in [-0.25, -0.2) is 9.59 Å². The number of para-hydroxylation sites is 1. The van der Waals surface area contributed by atoms with E-state index >= 15 is 0 Å². The average Bonchev–Trinajstić information content (AvgIpc) is 3.23. The van der Waals surface area contributed by atoms with Crippen LogP contribution >= 0.6 is 0 Å². The first-order valence-corrected chi connectivity index (χ1v) is 16.1. The van der Waals surface area contributed by atoms with Crippen LogP contribution in [0.25, 0.3) is 0 Å². The number of hydrogen-bond acceptors (Lipinski definition) is 7. The predicted octanol–water partition coefficient (Wildman–Crippen LogP) is 3.40. The molecule has 11 nitrogen and oxygen atoms in total. The Morgan fingerprint density at radius 3 is 2.24 bits per heavy atom. The Balaban J connectivity index is 0.00000400. The highest BCUT2D eigenvalue weighted by molar-refractivity contribution is 5.91. The number of anilines is 2. The lowest BCUT2D eigenvalue weighted by Gasteiger charge is -2.41. The standard InChI is InChI=1S/C33H45N7O4.CH4/c34-26-7-5-24(6-8-26)23-30(31(41)38-21-19-37(20-22-38)27-9-14-35-15-10-27)44-33(43)39-16-12-28(13-17-39)40-18-11-25-3-1-2-4-29(25)36-32(40)42;/h1-8,27-28,30,35H,9-23,34H2,(H,36,42);1H4/t30-;/m1./s1. The molecule has 2 aromatic carbocycles. The van der Waals surface area contributed by atoms with Crippen LogP contribution in [-0.4, -0.2) is 115 Å². The number of nitrogens with zero attached hydrogens (tertiary/aromatic N) is 4. The van der Waals surface area contributed by atoms with Gasteiger partial charge in [-0.15, -0.1) is 0 Å². The summed E-state index contributed by atoms with van der Waals surface area (Å²) in [6.07, 6.45) is 3.29. The molecular weight excluding hydrogens is 570 g/mol. The molecule has 0 bridgehead atoms. The lowest BCUT2D eigenvalue weighted by Crippen LogP contribution is -2.56. The van der Waals surface area contributed by atoms with Crippen molar-refractivity contribution in [1.29, 1.82) is 0 Å². The Bertz CT molecular complexity index is 1300. The molecule has 3 saturated heterocycles. The number of nitrogens with one attached hydrogen (secondary N) is 2. The van der Waals surface area contributed by atoms with E-state index in [0.29, 0.717) is 63.7 Å². The zero-order chi connectivity index (χ0) is 30.5. The largest absolute Gasteiger partial charge is 0.436 e. The normalized spacial score (nSPS) is 20.8. The smallest absolute Gasteiger partial charge is 0.410 e. The van der Waals surface area contributed by atoms with Crippen LogP contribution in [0.5, 0.6) is 0 Å². The van der Waals surface area contributed by atoms with E-state index in [0.717, 1.165) is 62.3 Å². The molecule has 6 rings (SSSR count). The molecule has 0 saturated carbocycles. The Hall–Kier alpha value is -3.83. The monoisotopic (exact) mass is 619 g/mol. The van der Waals surface area contributed by atoms with Crippen molar-refractivity contribution in [1.82, 2.24) is 24.9 Å². The summed E-state index contributed by atoms with van der Waals surface area (Å²) in [6, 6.07) is 15.8. The summed E-state index contributed by atoms with van der Waals surface area (Å²) in [4.78, 5) is 48.2. The predicted molar refractivity (Wildman–Crippen MR) is 176 cm³/mol. The fourth-order valence-corrected chi connectivity index (χ4v) is 7.02. The summed E-state index contributed by atoms with van der Waals surface area (Å²) >= 11 is 0. The quantitative estimate of drug-likeness (QED) is 0.424. The van der Waals surface area contributed by atoms with Crippen molar-refractivity contribution in [2.45, 2.75) is 64.1 Å². The zero-order valence-corrected chi connectivity index (χ0v) is 25.5. The van der Waals surface area contributed by atoms with E-state index in [2.05, 4.69) is 15.5 Å². The van der Waals surface area contributed by atoms with Crippen LogP contribution in [0, 0.1) is 0 Å². The molecule has 11 heteroatoms. The Morgan fingerprint density at radius 1 is 0.844 bits per heavy atom. The summed E-state index contributed by atoms with van der Waals surface area (Å²) < 4.78 is 6.00. The van der Waals surface area contributed by atoms with Gasteiger partial charge < -0.3 is 35.8 Å². The first kappa shape index (κ1) is 32.6. The first-order chi connectivity index (χ1) is 21.4. The molecule has 0 radical (unpaired) electrons. The van der Waals surface area contributed by atoms with Crippen molar-refractivity contribution >= 4 is 29.4 Å². The van der Waals surface area contributed by atoms with Crippen molar-refractivity contribution in [3.8, 4) is 0 Å². The minimum Gasteiger partial charge on any atom is -0.436 e. The van der Waals surface area contributed by atoms with Crippen LogP contribution in [0.3, 0.4) is 0 Å². The molecule has 45 heavy (non-hydrogen) atoms. The van der Waals surface area contributed by atoms with Crippen molar-refractivity contribution in [2.75, 3.05) is 70.0 Å². The van der Waals surface area contributed by atoms with E-state index in [-0.39, 0.29) is 25.4 Å². The van der Waals surface area contributed by atoms with Gasteiger partial charge >= 0.3 is 12.1 Å². The molecule has 0 unspecified atom stereocenters. The maximum absolute atomic E-state index is 13.8. The SMILES string of the molecule is C.Nc1ccc(C[C@@H](OC(=O)N2CCC(N3CCc4ccccc4NC3=O)CC2)C(=O)N2CCN(C3CCNCC3)CC2)cc1. The minimum absolute atomic E-state index is 0. The maximum atomic E-state index is 13.8. The third kappa shape index (κ3) is 7.88. The fourth-order valence-electron chi connectivity index (χ4n) is 7.02. The number of benzene rings is 2. The molecule has 244 valence electrons. The van der Waals surface area contributed by atoms with Gasteiger partial charge in [-0.05, 0) is 74.5 Å². The van der Waals surface area contributed by atoms with Crippen LogP contribution in [0.15, 0.2) is 48.5 Å². The van der Waals surface area contributed by atoms with Gasteiger partial charge in [0.25, 0.3) is 5.91 Å². The highest BCUT2D eigenvalue weighted by Crippen LogP contribution is 2.25. The Labute approximate surface area is 267 Å². The number of ether oxygens (including phenoxy) is 1. The number of carbonyl (C=O) groups is 3. The number of fused-ring (bicyclic) bond motifs is 1. The van der Waals surface area contributed by atoms with Gasteiger partial charge in [-0.2, -0.15) is 0 Å². The number of nitrogens with two attached hydrogens (primary N) is 1. The molecule has 4 amide bonds. The van der Waals surface area contributed by atoms with Gasteiger partial charge in [-0.1, -0.05) is 37.8 Å². The van der Waals surface area contributed by atoms with Gasteiger partial charge in [0.15, 0.2) is 6.10 Å². The lowest BCUT2D eigenvalue weighted by molar-refractivity contribution is -0.143. The van der Waals surface area contributed by atoms with Crippen molar-refractivity contribution < 1.29 is 19.1 Å². The lowest BCUT2D eigenvalue weighted by atomic mass is 10.0. The summed E-state index contributed by atoms with van der Waals surface area (Å²) in [5.74, 6) is -0.143.